The smallest absolute Gasteiger partial charge is 0.272 e. The maximum absolute atomic E-state index is 13.5. The van der Waals surface area contributed by atoms with Crippen molar-refractivity contribution in [1.29, 1.82) is 0 Å². The molecule has 3 aromatic rings. The lowest BCUT2D eigenvalue weighted by molar-refractivity contribution is -0.0588. The number of carbonyl (C=O) groups is 1. The number of aromatic nitrogens is 2. The van der Waals surface area contributed by atoms with Gasteiger partial charge in [0.05, 0.1) is 23.6 Å². The van der Waals surface area contributed by atoms with Gasteiger partial charge in [-0.1, -0.05) is 42.5 Å². The van der Waals surface area contributed by atoms with Crippen molar-refractivity contribution < 1.29 is 9.53 Å². The van der Waals surface area contributed by atoms with Gasteiger partial charge in [0.2, 0.25) is 0 Å². The highest BCUT2D eigenvalue weighted by Gasteiger charge is 2.29. The molecule has 2 atom stereocenters. The van der Waals surface area contributed by atoms with Crippen molar-refractivity contribution in [3.63, 3.8) is 0 Å². The van der Waals surface area contributed by atoms with Gasteiger partial charge in [-0.2, -0.15) is 5.10 Å². The predicted molar refractivity (Wildman–Crippen MR) is 114 cm³/mol. The first kappa shape index (κ1) is 19.4. The van der Waals surface area contributed by atoms with Gasteiger partial charge in [0.1, 0.15) is 5.69 Å². The van der Waals surface area contributed by atoms with Crippen LogP contribution in [-0.2, 0) is 4.74 Å². The topological polar surface area (TPSA) is 47.4 Å². The first-order valence-electron chi connectivity index (χ1n) is 10.1. The molecule has 1 aliphatic heterocycles. The molecular weight excluding hydrogens is 362 g/mol. The van der Waals surface area contributed by atoms with Gasteiger partial charge in [-0.15, -0.1) is 0 Å². The van der Waals surface area contributed by atoms with Crippen LogP contribution in [0.1, 0.15) is 35.5 Å². The highest BCUT2D eigenvalue weighted by molar-refractivity contribution is 5.94. The number of nitrogens with zero attached hydrogens (tertiary/aromatic N) is 3. The van der Waals surface area contributed by atoms with E-state index in [1.807, 2.05) is 62.1 Å². The minimum Gasteiger partial charge on any atom is -0.372 e. The van der Waals surface area contributed by atoms with Gasteiger partial charge in [-0.05, 0) is 51.0 Å². The number of benzene rings is 2. The average Bonchev–Trinajstić information content (AvgIpc) is 3.14. The van der Waals surface area contributed by atoms with Gasteiger partial charge >= 0.3 is 0 Å². The summed E-state index contributed by atoms with van der Waals surface area (Å²) in [6.45, 7) is 9.29. The molecule has 1 saturated heterocycles. The molecule has 1 fully saturated rings. The van der Waals surface area contributed by atoms with Crippen LogP contribution in [0.25, 0.3) is 16.9 Å². The molecule has 1 aromatic heterocycles. The molecule has 0 radical (unpaired) electrons. The first-order valence-corrected chi connectivity index (χ1v) is 10.1. The molecule has 0 spiro atoms. The molecule has 0 aliphatic carbocycles. The Morgan fingerprint density at radius 2 is 1.69 bits per heavy atom. The summed E-state index contributed by atoms with van der Waals surface area (Å²) in [6, 6.07) is 18.1. The van der Waals surface area contributed by atoms with E-state index < -0.39 is 0 Å². The van der Waals surface area contributed by atoms with Gasteiger partial charge in [-0.3, -0.25) is 4.79 Å². The van der Waals surface area contributed by atoms with Gasteiger partial charge in [0.25, 0.3) is 5.91 Å². The fourth-order valence-corrected chi connectivity index (χ4v) is 3.92. The predicted octanol–water partition coefficient (Wildman–Crippen LogP) is 4.41. The van der Waals surface area contributed by atoms with E-state index in [0.29, 0.717) is 18.8 Å². The Kier molecular flexibility index (Phi) is 5.24. The molecule has 1 amide bonds. The number of amides is 1. The largest absolute Gasteiger partial charge is 0.372 e. The van der Waals surface area contributed by atoms with E-state index in [2.05, 4.69) is 25.1 Å². The van der Waals surface area contributed by atoms with E-state index >= 15 is 0 Å². The van der Waals surface area contributed by atoms with E-state index in [4.69, 9.17) is 9.84 Å². The lowest BCUT2D eigenvalue weighted by atomic mass is 10.1. The quantitative estimate of drug-likeness (QED) is 0.667. The van der Waals surface area contributed by atoms with Crippen LogP contribution < -0.4 is 0 Å². The maximum Gasteiger partial charge on any atom is 0.272 e. The average molecular weight is 389 g/mol. The Hall–Kier alpha value is -2.92. The number of morpholine rings is 1. The van der Waals surface area contributed by atoms with Crippen LogP contribution in [0.15, 0.2) is 54.6 Å². The molecule has 5 heteroatoms. The molecular formula is C24H27N3O2. The van der Waals surface area contributed by atoms with Crippen LogP contribution in [-0.4, -0.2) is 45.9 Å². The second-order valence-electron chi connectivity index (χ2n) is 7.95. The Morgan fingerprint density at radius 3 is 2.38 bits per heavy atom. The van der Waals surface area contributed by atoms with Crippen LogP contribution >= 0.6 is 0 Å². The van der Waals surface area contributed by atoms with E-state index in [1.165, 1.54) is 0 Å². The number of rotatable bonds is 3. The van der Waals surface area contributed by atoms with Gasteiger partial charge in [0.15, 0.2) is 0 Å². The summed E-state index contributed by atoms with van der Waals surface area (Å²) in [5.41, 5.74) is 5.52. The summed E-state index contributed by atoms with van der Waals surface area (Å²) in [4.78, 5) is 15.4. The Morgan fingerprint density at radius 1 is 1.00 bits per heavy atom. The van der Waals surface area contributed by atoms with Crippen molar-refractivity contribution in [2.45, 2.75) is 39.9 Å². The maximum atomic E-state index is 13.5. The van der Waals surface area contributed by atoms with Crippen LogP contribution in [0.4, 0.5) is 0 Å². The number of carbonyl (C=O) groups excluding carboxylic acids is 1. The van der Waals surface area contributed by atoms with Crippen molar-refractivity contribution in [2.75, 3.05) is 13.1 Å². The summed E-state index contributed by atoms with van der Waals surface area (Å²) >= 11 is 0. The fraction of sp³-hybridized carbons (Fsp3) is 0.333. The zero-order valence-corrected chi connectivity index (χ0v) is 17.4. The summed E-state index contributed by atoms with van der Waals surface area (Å²) in [5.74, 6) is -0.0115. The number of ether oxygens (including phenoxy) is 1. The molecule has 150 valence electrons. The van der Waals surface area contributed by atoms with Crippen molar-refractivity contribution >= 4 is 5.91 Å². The third kappa shape index (κ3) is 3.96. The van der Waals surface area contributed by atoms with Gasteiger partial charge in [0, 0.05) is 18.7 Å². The highest BCUT2D eigenvalue weighted by Crippen LogP contribution is 2.25. The standard InChI is InChI=1S/C24H27N3O2/c1-16-10-11-17(2)22(12-16)27-23(13-21(25-27)20-8-6-5-7-9-20)24(28)26-14-18(3)29-19(4)15-26/h5-13,18-19H,14-15H2,1-4H3/t18-,19-/m1/s1. The second-order valence-corrected chi connectivity index (χ2v) is 7.95. The van der Waals surface area contributed by atoms with Gasteiger partial charge in [-0.25, -0.2) is 4.68 Å². The molecule has 0 bridgehead atoms. The van der Waals surface area contributed by atoms with Gasteiger partial charge < -0.3 is 9.64 Å². The van der Waals surface area contributed by atoms with Crippen molar-refractivity contribution in [3.8, 4) is 16.9 Å². The zero-order valence-electron chi connectivity index (χ0n) is 17.4. The van der Waals surface area contributed by atoms with Crippen LogP contribution in [0.5, 0.6) is 0 Å². The summed E-state index contributed by atoms with van der Waals surface area (Å²) in [6.07, 6.45) is 0.0433. The minimum absolute atomic E-state index is 0.0115. The number of hydrogen-bond donors (Lipinski definition) is 0. The molecule has 0 saturated carbocycles. The highest BCUT2D eigenvalue weighted by atomic mass is 16.5. The van der Waals surface area contributed by atoms with Crippen LogP contribution in [0.3, 0.4) is 0 Å². The number of aryl methyl sites for hydroxylation is 2. The molecule has 4 rings (SSSR count). The second kappa shape index (κ2) is 7.84. The summed E-state index contributed by atoms with van der Waals surface area (Å²) in [5, 5.41) is 4.84. The molecule has 2 aromatic carbocycles. The molecule has 5 nitrogen and oxygen atoms in total. The normalized spacial score (nSPS) is 19.4. The monoisotopic (exact) mass is 389 g/mol. The van der Waals surface area contributed by atoms with Crippen LogP contribution in [0, 0.1) is 13.8 Å². The first-order chi connectivity index (χ1) is 13.9. The van der Waals surface area contributed by atoms with Crippen molar-refractivity contribution in [3.05, 3.63) is 71.4 Å². The summed E-state index contributed by atoms with van der Waals surface area (Å²) in [7, 11) is 0. The zero-order chi connectivity index (χ0) is 20.5. The SMILES string of the molecule is Cc1ccc(C)c(-n2nc(-c3ccccc3)cc2C(=O)N2C[C@@H](C)O[C@H](C)C2)c1. The van der Waals surface area contributed by atoms with E-state index in [9.17, 15) is 4.79 Å². The molecule has 0 unspecified atom stereocenters. The molecule has 0 N–H and O–H groups in total. The molecule has 1 aliphatic rings. The van der Waals surface area contributed by atoms with E-state index in [1.54, 1.807) is 4.68 Å². The lowest BCUT2D eigenvalue weighted by Gasteiger charge is -2.35. The third-order valence-corrected chi connectivity index (χ3v) is 5.30. The molecule has 2 heterocycles. The summed E-state index contributed by atoms with van der Waals surface area (Å²) < 4.78 is 7.61. The minimum atomic E-state index is -0.0115. The van der Waals surface area contributed by atoms with Crippen molar-refractivity contribution in [1.82, 2.24) is 14.7 Å². The van der Waals surface area contributed by atoms with Crippen LogP contribution in [0.2, 0.25) is 0 Å². The Balaban J connectivity index is 1.82. The third-order valence-electron chi connectivity index (χ3n) is 5.30. The molecule has 29 heavy (non-hydrogen) atoms. The Labute approximate surface area is 171 Å². The van der Waals surface area contributed by atoms with E-state index in [0.717, 1.165) is 28.1 Å². The number of hydrogen-bond acceptors (Lipinski definition) is 3. The lowest BCUT2D eigenvalue weighted by Crippen LogP contribution is -2.48. The van der Waals surface area contributed by atoms with E-state index in [-0.39, 0.29) is 18.1 Å². The van der Waals surface area contributed by atoms with Crippen molar-refractivity contribution in [2.24, 2.45) is 0 Å². The Bertz CT molecular complexity index is 1020. The fourth-order valence-electron chi connectivity index (χ4n) is 3.92.